The fraction of sp³-hybridized carbons (Fsp3) is 0.185. The number of amides is 1. The van der Waals surface area contributed by atoms with E-state index in [1.165, 1.54) is 6.08 Å². The first-order valence-electron chi connectivity index (χ1n) is 10.5. The molecule has 3 rings (SSSR count). The van der Waals surface area contributed by atoms with Gasteiger partial charge in [-0.2, -0.15) is 0 Å². The molecule has 0 aliphatic carbocycles. The molecule has 5 heteroatoms. The molecule has 0 bridgehead atoms. The van der Waals surface area contributed by atoms with Gasteiger partial charge in [0.05, 0.1) is 12.2 Å². The van der Waals surface area contributed by atoms with Crippen LogP contribution in [0.5, 0.6) is 5.75 Å². The number of ether oxygens (including phenoxy) is 2. The van der Waals surface area contributed by atoms with Crippen LogP contribution in [-0.4, -0.2) is 18.5 Å². The molecule has 3 aromatic rings. The highest BCUT2D eigenvalue weighted by Crippen LogP contribution is 2.16. The van der Waals surface area contributed by atoms with Crippen LogP contribution in [0.3, 0.4) is 0 Å². The quantitative estimate of drug-likeness (QED) is 0.348. The van der Waals surface area contributed by atoms with E-state index in [0.717, 1.165) is 16.9 Å². The van der Waals surface area contributed by atoms with Crippen molar-refractivity contribution in [2.75, 3.05) is 11.9 Å². The zero-order valence-electron chi connectivity index (χ0n) is 18.3. The first kappa shape index (κ1) is 22.8. The molecule has 0 saturated carbocycles. The predicted molar refractivity (Wildman–Crippen MR) is 126 cm³/mol. The Labute approximate surface area is 188 Å². The minimum Gasteiger partial charge on any atom is -0.489 e. The maximum absolute atomic E-state index is 12.2. The molecule has 0 aliphatic heterocycles. The fourth-order valence-corrected chi connectivity index (χ4v) is 2.79. The summed E-state index contributed by atoms with van der Waals surface area (Å²) in [7, 11) is 0. The smallest absolute Gasteiger partial charge is 0.338 e. The number of esters is 1. The highest BCUT2D eigenvalue weighted by molar-refractivity contribution is 6.02. The number of benzene rings is 3. The van der Waals surface area contributed by atoms with Crippen molar-refractivity contribution < 1.29 is 19.1 Å². The first-order chi connectivity index (χ1) is 15.5. The number of carbonyl (C=O) groups is 2. The molecule has 0 aliphatic rings. The van der Waals surface area contributed by atoms with Gasteiger partial charge in [-0.3, -0.25) is 4.79 Å². The van der Waals surface area contributed by atoms with Crippen LogP contribution in [0, 0.1) is 5.92 Å². The number of rotatable bonds is 9. The number of carbonyl (C=O) groups excluding carboxylic acids is 2. The van der Waals surface area contributed by atoms with Crippen molar-refractivity contribution in [2.45, 2.75) is 20.5 Å². The summed E-state index contributed by atoms with van der Waals surface area (Å²) in [5.41, 5.74) is 3.04. The largest absolute Gasteiger partial charge is 0.489 e. The van der Waals surface area contributed by atoms with Crippen LogP contribution in [0.15, 0.2) is 84.9 Å². The van der Waals surface area contributed by atoms with Crippen molar-refractivity contribution in [3.05, 3.63) is 102 Å². The van der Waals surface area contributed by atoms with Crippen molar-refractivity contribution in [3.63, 3.8) is 0 Å². The van der Waals surface area contributed by atoms with Gasteiger partial charge in [-0.1, -0.05) is 56.3 Å². The van der Waals surface area contributed by atoms with Crippen LogP contribution in [-0.2, 0) is 16.1 Å². The summed E-state index contributed by atoms with van der Waals surface area (Å²) in [6, 6.07) is 24.1. The van der Waals surface area contributed by atoms with Crippen LogP contribution in [0.4, 0.5) is 5.69 Å². The lowest BCUT2D eigenvalue weighted by Gasteiger charge is -2.08. The van der Waals surface area contributed by atoms with Gasteiger partial charge in [-0.25, -0.2) is 4.79 Å². The summed E-state index contributed by atoms with van der Waals surface area (Å²) in [6.45, 7) is 4.84. The standard InChI is InChI=1S/C27H27NO4/c1-20(2)18-32-27(30)23-11-13-24(14-12-23)28-26(29)17-10-21-8-15-25(16-9-21)31-19-22-6-4-3-5-7-22/h3-17,20H,18-19H2,1-2H3,(H,28,29). The molecule has 0 spiro atoms. The Morgan fingerprint density at radius 1 is 0.906 bits per heavy atom. The van der Waals surface area contributed by atoms with Gasteiger partial charge >= 0.3 is 5.97 Å². The van der Waals surface area contributed by atoms with Crippen molar-refractivity contribution >= 4 is 23.6 Å². The molecule has 32 heavy (non-hydrogen) atoms. The SMILES string of the molecule is CC(C)COC(=O)c1ccc(NC(=O)C=Cc2ccc(OCc3ccccc3)cc2)cc1. The Balaban J connectivity index is 1.48. The van der Waals surface area contributed by atoms with Crippen molar-refractivity contribution in [2.24, 2.45) is 5.92 Å². The number of anilines is 1. The Morgan fingerprint density at radius 2 is 1.59 bits per heavy atom. The highest BCUT2D eigenvalue weighted by Gasteiger charge is 2.08. The summed E-state index contributed by atoms with van der Waals surface area (Å²) >= 11 is 0. The Kier molecular flexibility index (Phi) is 8.21. The van der Waals surface area contributed by atoms with E-state index in [9.17, 15) is 9.59 Å². The molecule has 0 radical (unpaired) electrons. The predicted octanol–water partition coefficient (Wildman–Crippen LogP) is 5.73. The van der Waals surface area contributed by atoms with Gasteiger partial charge in [-0.05, 0) is 59.5 Å². The van der Waals surface area contributed by atoms with Crippen LogP contribution >= 0.6 is 0 Å². The van der Waals surface area contributed by atoms with Gasteiger partial charge in [0.2, 0.25) is 5.91 Å². The zero-order chi connectivity index (χ0) is 22.8. The molecule has 1 amide bonds. The third-order valence-electron chi connectivity index (χ3n) is 4.49. The zero-order valence-corrected chi connectivity index (χ0v) is 18.3. The molecule has 0 aromatic heterocycles. The van der Waals surface area contributed by atoms with Crippen LogP contribution < -0.4 is 10.1 Å². The second-order valence-electron chi connectivity index (χ2n) is 7.74. The monoisotopic (exact) mass is 429 g/mol. The maximum Gasteiger partial charge on any atom is 0.338 e. The second kappa shape index (κ2) is 11.5. The molecule has 3 aromatic carbocycles. The Hall–Kier alpha value is -3.86. The lowest BCUT2D eigenvalue weighted by atomic mass is 10.2. The molecule has 0 atom stereocenters. The van der Waals surface area contributed by atoms with Crippen molar-refractivity contribution in [1.29, 1.82) is 0 Å². The Bertz CT molecular complexity index is 1040. The van der Waals surface area contributed by atoms with Gasteiger partial charge in [0.25, 0.3) is 0 Å². The van der Waals surface area contributed by atoms with Gasteiger partial charge in [0, 0.05) is 11.8 Å². The molecular weight excluding hydrogens is 402 g/mol. The van der Waals surface area contributed by atoms with E-state index in [1.807, 2.05) is 68.4 Å². The Morgan fingerprint density at radius 3 is 2.25 bits per heavy atom. The minimum atomic E-state index is -0.368. The molecule has 164 valence electrons. The summed E-state index contributed by atoms with van der Waals surface area (Å²) in [5.74, 6) is 0.419. The van der Waals surface area contributed by atoms with Crippen molar-refractivity contribution in [3.8, 4) is 5.75 Å². The van der Waals surface area contributed by atoms with E-state index in [1.54, 1.807) is 30.3 Å². The summed E-state index contributed by atoms with van der Waals surface area (Å²) in [4.78, 5) is 24.1. The van der Waals surface area contributed by atoms with Gasteiger partial charge in [-0.15, -0.1) is 0 Å². The molecule has 5 nitrogen and oxygen atoms in total. The lowest BCUT2D eigenvalue weighted by Crippen LogP contribution is -2.11. The second-order valence-corrected chi connectivity index (χ2v) is 7.74. The molecule has 1 N–H and O–H groups in total. The number of hydrogen-bond acceptors (Lipinski definition) is 4. The number of nitrogens with one attached hydrogen (secondary N) is 1. The van der Waals surface area contributed by atoms with E-state index < -0.39 is 0 Å². The average Bonchev–Trinajstić information content (AvgIpc) is 2.81. The van der Waals surface area contributed by atoms with E-state index in [-0.39, 0.29) is 17.8 Å². The summed E-state index contributed by atoms with van der Waals surface area (Å²) in [6.07, 6.45) is 3.19. The first-order valence-corrected chi connectivity index (χ1v) is 10.5. The average molecular weight is 430 g/mol. The van der Waals surface area contributed by atoms with E-state index in [4.69, 9.17) is 9.47 Å². The maximum atomic E-state index is 12.2. The van der Waals surface area contributed by atoms with E-state index >= 15 is 0 Å². The molecule has 0 heterocycles. The third-order valence-corrected chi connectivity index (χ3v) is 4.49. The van der Waals surface area contributed by atoms with Gasteiger partial charge in [0.15, 0.2) is 0 Å². The normalized spacial score (nSPS) is 10.8. The van der Waals surface area contributed by atoms with Crippen LogP contribution in [0.1, 0.15) is 35.3 Å². The number of hydrogen-bond donors (Lipinski definition) is 1. The minimum absolute atomic E-state index is 0.260. The van der Waals surface area contributed by atoms with Gasteiger partial charge < -0.3 is 14.8 Å². The highest BCUT2D eigenvalue weighted by atomic mass is 16.5. The lowest BCUT2D eigenvalue weighted by molar-refractivity contribution is -0.111. The molecule has 0 saturated heterocycles. The van der Waals surface area contributed by atoms with Crippen molar-refractivity contribution in [1.82, 2.24) is 0 Å². The van der Waals surface area contributed by atoms with Crippen LogP contribution in [0.2, 0.25) is 0 Å². The molecular formula is C27H27NO4. The van der Waals surface area contributed by atoms with Gasteiger partial charge in [0.1, 0.15) is 12.4 Å². The molecule has 0 fully saturated rings. The van der Waals surface area contributed by atoms with E-state index in [0.29, 0.717) is 24.5 Å². The summed E-state index contributed by atoms with van der Waals surface area (Å²) in [5, 5.41) is 2.78. The van der Waals surface area contributed by atoms with E-state index in [2.05, 4.69) is 5.32 Å². The topological polar surface area (TPSA) is 64.6 Å². The summed E-state index contributed by atoms with van der Waals surface area (Å²) < 4.78 is 11.0. The molecule has 0 unspecified atom stereocenters. The third kappa shape index (κ3) is 7.43. The van der Waals surface area contributed by atoms with Crippen LogP contribution in [0.25, 0.3) is 6.08 Å². The fourth-order valence-electron chi connectivity index (χ4n) is 2.79.